The summed E-state index contributed by atoms with van der Waals surface area (Å²) in [6, 6.07) is 9.58. The number of benzene rings is 1. The second-order valence-electron chi connectivity index (χ2n) is 6.47. The van der Waals surface area contributed by atoms with Gasteiger partial charge in [0.15, 0.2) is 0 Å². The highest BCUT2D eigenvalue weighted by atomic mass is 16.5. The minimum absolute atomic E-state index is 0.0891. The quantitative estimate of drug-likeness (QED) is 0.908. The van der Waals surface area contributed by atoms with Crippen molar-refractivity contribution in [2.75, 3.05) is 6.61 Å². The summed E-state index contributed by atoms with van der Waals surface area (Å²) < 4.78 is 11.6. The topological polar surface area (TPSA) is 38.7 Å². The Morgan fingerprint density at radius 1 is 1.26 bits per heavy atom. The molecule has 0 bridgehead atoms. The Hall–Kier alpha value is -1.06. The molecule has 0 radical (unpaired) electrons. The van der Waals surface area contributed by atoms with E-state index in [9.17, 15) is 5.11 Å². The van der Waals surface area contributed by atoms with Crippen molar-refractivity contribution < 1.29 is 14.6 Å². The first kappa shape index (κ1) is 14.4. The third-order valence-electron chi connectivity index (χ3n) is 3.77. The fourth-order valence-electron chi connectivity index (χ4n) is 3.02. The van der Waals surface area contributed by atoms with E-state index in [1.165, 1.54) is 0 Å². The van der Waals surface area contributed by atoms with E-state index in [2.05, 4.69) is 13.8 Å². The number of ether oxygens (including phenoxy) is 2. The SMILES string of the molecule is CC1(C)CC(C(O)COc2ccccc2)C(C)(C)O1. The molecule has 2 rings (SSSR count). The van der Waals surface area contributed by atoms with Crippen LogP contribution in [0.4, 0.5) is 0 Å². The number of hydrogen-bond acceptors (Lipinski definition) is 3. The molecule has 1 aliphatic heterocycles. The van der Waals surface area contributed by atoms with Gasteiger partial charge in [0.25, 0.3) is 0 Å². The van der Waals surface area contributed by atoms with Gasteiger partial charge in [-0.2, -0.15) is 0 Å². The highest BCUT2D eigenvalue weighted by Gasteiger charge is 2.48. The van der Waals surface area contributed by atoms with Crippen LogP contribution in [-0.2, 0) is 4.74 Å². The summed E-state index contributed by atoms with van der Waals surface area (Å²) in [6.45, 7) is 8.52. The first-order valence-electron chi connectivity index (χ1n) is 6.86. The largest absolute Gasteiger partial charge is 0.491 e. The summed E-state index contributed by atoms with van der Waals surface area (Å²) >= 11 is 0. The van der Waals surface area contributed by atoms with Gasteiger partial charge in [-0.15, -0.1) is 0 Å². The minimum atomic E-state index is -0.517. The maximum atomic E-state index is 10.4. The number of hydrogen-bond donors (Lipinski definition) is 1. The molecule has 3 nitrogen and oxygen atoms in total. The maximum Gasteiger partial charge on any atom is 0.119 e. The lowest BCUT2D eigenvalue weighted by Crippen LogP contribution is -2.39. The zero-order valence-electron chi connectivity index (χ0n) is 12.2. The van der Waals surface area contributed by atoms with Crippen molar-refractivity contribution in [2.45, 2.75) is 51.4 Å². The molecule has 1 aromatic rings. The second kappa shape index (κ2) is 5.14. The molecule has 2 atom stereocenters. The van der Waals surface area contributed by atoms with Crippen molar-refractivity contribution in [3.05, 3.63) is 30.3 Å². The second-order valence-corrected chi connectivity index (χ2v) is 6.47. The van der Waals surface area contributed by atoms with Gasteiger partial charge >= 0.3 is 0 Å². The van der Waals surface area contributed by atoms with Gasteiger partial charge in [0.05, 0.1) is 17.3 Å². The molecule has 1 saturated heterocycles. The molecule has 0 aromatic heterocycles. The van der Waals surface area contributed by atoms with Gasteiger partial charge in [-0.1, -0.05) is 18.2 Å². The summed E-state index contributed by atoms with van der Waals surface area (Å²) in [4.78, 5) is 0. The smallest absolute Gasteiger partial charge is 0.119 e. The van der Waals surface area contributed by atoms with E-state index in [1.807, 2.05) is 44.2 Å². The molecule has 1 N–H and O–H groups in total. The Kier molecular flexibility index (Phi) is 3.88. The van der Waals surface area contributed by atoms with Gasteiger partial charge in [0, 0.05) is 5.92 Å². The van der Waals surface area contributed by atoms with Crippen molar-refractivity contribution in [3.63, 3.8) is 0 Å². The molecule has 0 amide bonds. The van der Waals surface area contributed by atoms with Gasteiger partial charge < -0.3 is 14.6 Å². The number of aliphatic hydroxyl groups is 1. The molecule has 1 aliphatic rings. The summed E-state index contributed by atoms with van der Waals surface area (Å²) in [5.41, 5.74) is -0.495. The number of aliphatic hydroxyl groups excluding tert-OH is 1. The monoisotopic (exact) mass is 264 g/mol. The van der Waals surface area contributed by atoms with Gasteiger partial charge in [-0.3, -0.25) is 0 Å². The fourth-order valence-corrected chi connectivity index (χ4v) is 3.02. The van der Waals surface area contributed by atoms with Gasteiger partial charge in [0.1, 0.15) is 12.4 Å². The lowest BCUT2D eigenvalue weighted by Gasteiger charge is -2.30. The molecule has 1 heterocycles. The third kappa shape index (κ3) is 3.48. The molecule has 0 aliphatic carbocycles. The van der Waals surface area contributed by atoms with Crippen molar-refractivity contribution in [1.82, 2.24) is 0 Å². The number of rotatable bonds is 4. The van der Waals surface area contributed by atoms with Crippen LogP contribution in [0.2, 0.25) is 0 Å². The highest BCUT2D eigenvalue weighted by Crippen LogP contribution is 2.43. The van der Waals surface area contributed by atoms with Crippen molar-refractivity contribution in [1.29, 1.82) is 0 Å². The third-order valence-corrected chi connectivity index (χ3v) is 3.77. The van der Waals surface area contributed by atoms with Crippen LogP contribution < -0.4 is 4.74 Å². The Balaban J connectivity index is 1.95. The summed E-state index contributed by atoms with van der Waals surface area (Å²) in [5.74, 6) is 0.878. The summed E-state index contributed by atoms with van der Waals surface area (Å²) in [6.07, 6.45) is 0.330. The van der Waals surface area contributed by atoms with E-state index in [0.717, 1.165) is 12.2 Å². The van der Waals surface area contributed by atoms with Crippen LogP contribution in [0.5, 0.6) is 5.75 Å². The van der Waals surface area contributed by atoms with Gasteiger partial charge in [-0.25, -0.2) is 0 Å². The van der Waals surface area contributed by atoms with Crippen LogP contribution in [0.3, 0.4) is 0 Å². The standard InChI is InChI=1S/C16H24O3/c1-15(2)10-13(16(3,4)19-15)14(17)11-18-12-8-6-5-7-9-12/h5-9,13-14,17H,10-11H2,1-4H3. The fraction of sp³-hybridized carbons (Fsp3) is 0.625. The van der Waals surface area contributed by atoms with Crippen molar-refractivity contribution in [3.8, 4) is 5.75 Å². The Morgan fingerprint density at radius 2 is 1.89 bits per heavy atom. The van der Waals surface area contributed by atoms with E-state index in [4.69, 9.17) is 9.47 Å². The molecule has 19 heavy (non-hydrogen) atoms. The van der Waals surface area contributed by atoms with Crippen LogP contribution in [0.15, 0.2) is 30.3 Å². The van der Waals surface area contributed by atoms with Crippen LogP contribution in [0, 0.1) is 5.92 Å². The zero-order valence-corrected chi connectivity index (χ0v) is 12.2. The average Bonchev–Trinajstić information content (AvgIpc) is 2.56. The molecule has 1 aromatic carbocycles. The van der Waals surface area contributed by atoms with Crippen molar-refractivity contribution >= 4 is 0 Å². The van der Waals surface area contributed by atoms with E-state index in [0.29, 0.717) is 6.61 Å². The van der Waals surface area contributed by atoms with E-state index in [-0.39, 0.29) is 17.1 Å². The van der Waals surface area contributed by atoms with E-state index >= 15 is 0 Å². The maximum absolute atomic E-state index is 10.4. The van der Waals surface area contributed by atoms with Crippen molar-refractivity contribution in [2.24, 2.45) is 5.92 Å². The molecule has 0 saturated carbocycles. The predicted octanol–water partition coefficient (Wildman–Crippen LogP) is 3.02. The van der Waals surface area contributed by atoms with Gasteiger partial charge in [0.2, 0.25) is 0 Å². The van der Waals surface area contributed by atoms with Crippen LogP contribution in [0.1, 0.15) is 34.1 Å². The lowest BCUT2D eigenvalue weighted by atomic mass is 9.83. The van der Waals surface area contributed by atoms with Crippen LogP contribution >= 0.6 is 0 Å². The normalized spacial score (nSPS) is 26.1. The molecular formula is C16H24O3. The molecule has 3 heteroatoms. The molecule has 1 fully saturated rings. The molecular weight excluding hydrogens is 240 g/mol. The summed E-state index contributed by atoms with van der Waals surface area (Å²) in [7, 11) is 0. The molecule has 106 valence electrons. The van der Waals surface area contributed by atoms with E-state index < -0.39 is 6.10 Å². The Labute approximate surface area is 115 Å². The first-order chi connectivity index (χ1) is 8.80. The summed E-state index contributed by atoms with van der Waals surface area (Å²) in [5, 5.41) is 10.4. The number of para-hydroxylation sites is 1. The molecule has 2 unspecified atom stereocenters. The van der Waals surface area contributed by atoms with Crippen LogP contribution in [0.25, 0.3) is 0 Å². The Bertz CT molecular complexity index is 411. The minimum Gasteiger partial charge on any atom is -0.491 e. The highest BCUT2D eigenvalue weighted by molar-refractivity contribution is 5.21. The lowest BCUT2D eigenvalue weighted by molar-refractivity contribution is -0.0909. The first-order valence-corrected chi connectivity index (χ1v) is 6.86. The van der Waals surface area contributed by atoms with Gasteiger partial charge in [-0.05, 0) is 46.2 Å². The Morgan fingerprint density at radius 3 is 2.42 bits per heavy atom. The predicted molar refractivity (Wildman–Crippen MR) is 75.3 cm³/mol. The van der Waals surface area contributed by atoms with E-state index in [1.54, 1.807) is 0 Å². The zero-order chi connectivity index (χ0) is 14.1. The molecule has 0 spiro atoms. The average molecular weight is 264 g/mol. The van der Waals surface area contributed by atoms with Crippen LogP contribution in [-0.4, -0.2) is 29.0 Å².